The van der Waals surface area contributed by atoms with Crippen molar-refractivity contribution < 1.29 is 22.0 Å². The summed E-state index contributed by atoms with van der Waals surface area (Å²) in [4.78, 5) is 20.9. The zero-order valence-electron chi connectivity index (χ0n) is 18.2. The molecule has 0 radical (unpaired) electrons. The molecule has 1 aromatic heterocycles. The summed E-state index contributed by atoms with van der Waals surface area (Å²) >= 11 is 0. The Bertz CT molecular complexity index is 1090. The summed E-state index contributed by atoms with van der Waals surface area (Å²) in [6, 6.07) is 9.39. The van der Waals surface area contributed by atoms with Gasteiger partial charge in [-0.1, -0.05) is 24.3 Å². The van der Waals surface area contributed by atoms with Crippen LogP contribution in [0.5, 0.6) is 0 Å². The molecule has 172 valence electrons. The zero-order chi connectivity index (χ0) is 23.1. The van der Waals surface area contributed by atoms with E-state index in [0.29, 0.717) is 20.0 Å². The third kappa shape index (κ3) is 4.48. The molecule has 2 aliphatic heterocycles. The molecule has 9 heteroatoms. The van der Waals surface area contributed by atoms with Crippen molar-refractivity contribution >= 4 is 21.6 Å². The van der Waals surface area contributed by atoms with Crippen LogP contribution in [-0.2, 0) is 20.6 Å². The van der Waals surface area contributed by atoms with Crippen molar-refractivity contribution in [2.75, 3.05) is 23.7 Å². The summed E-state index contributed by atoms with van der Waals surface area (Å²) < 4.78 is 53.3. The Morgan fingerprint density at radius 3 is 2.38 bits per heavy atom. The van der Waals surface area contributed by atoms with Crippen molar-refractivity contribution in [3.63, 3.8) is 0 Å². The summed E-state index contributed by atoms with van der Waals surface area (Å²) in [5.74, 6) is -3.14. The minimum absolute atomic E-state index is 0.143. The number of nitrogens with zero attached hydrogens (tertiary/aromatic N) is 3. The monoisotopic (exact) mass is 463 g/mol. The highest BCUT2D eigenvalue weighted by Crippen LogP contribution is 2.35. The van der Waals surface area contributed by atoms with Crippen molar-refractivity contribution in [3.05, 3.63) is 53.7 Å². The summed E-state index contributed by atoms with van der Waals surface area (Å²) in [7, 11) is -4.02. The van der Waals surface area contributed by atoms with E-state index in [1.165, 1.54) is 18.2 Å². The second-order valence-electron chi connectivity index (χ2n) is 8.74. The second kappa shape index (κ2) is 8.42. The predicted molar refractivity (Wildman–Crippen MR) is 118 cm³/mol. The van der Waals surface area contributed by atoms with Crippen molar-refractivity contribution in [1.29, 1.82) is 0 Å². The van der Waals surface area contributed by atoms with Gasteiger partial charge in [0.05, 0.1) is 10.6 Å². The average molecular weight is 464 g/mol. The Hall–Kier alpha value is -2.55. The number of piperazine rings is 1. The fourth-order valence-corrected chi connectivity index (χ4v) is 6.22. The first-order chi connectivity index (χ1) is 15.1. The lowest BCUT2D eigenvalue weighted by atomic mass is 10.1. The molecular weight excluding hydrogens is 436 g/mol. The Balaban J connectivity index is 1.42. The number of carbonyl (C=O) groups is 1. The number of aryl methyl sites for hydroxylation is 1. The second-order valence-corrected chi connectivity index (χ2v) is 10.8. The van der Waals surface area contributed by atoms with E-state index in [1.807, 2.05) is 25.3 Å². The van der Waals surface area contributed by atoms with Crippen LogP contribution in [0.1, 0.15) is 37.3 Å². The molecular formula is C23H27F2N3O3S. The average Bonchev–Trinajstić information content (AvgIpc) is 3.01. The van der Waals surface area contributed by atoms with E-state index >= 15 is 0 Å². The SMILES string of the molecule is Cc1ccc(N2C3CCC2CN(C(=O)CCS(=O)(=O)c2ccccc2C(C)(F)F)C3)nc1. The molecule has 2 atom stereocenters. The van der Waals surface area contributed by atoms with Gasteiger partial charge in [0.15, 0.2) is 9.84 Å². The van der Waals surface area contributed by atoms with Crippen LogP contribution >= 0.6 is 0 Å². The lowest BCUT2D eigenvalue weighted by molar-refractivity contribution is -0.131. The summed E-state index contributed by atoms with van der Waals surface area (Å²) in [5, 5.41) is 0. The molecule has 2 unspecified atom stereocenters. The lowest BCUT2D eigenvalue weighted by Gasteiger charge is -2.41. The van der Waals surface area contributed by atoms with E-state index in [2.05, 4.69) is 9.88 Å². The number of amides is 1. The van der Waals surface area contributed by atoms with Crippen LogP contribution in [0.3, 0.4) is 0 Å². The van der Waals surface area contributed by atoms with Crippen LogP contribution in [0, 0.1) is 6.92 Å². The lowest BCUT2D eigenvalue weighted by Crippen LogP contribution is -2.55. The molecule has 2 bridgehead atoms. The number of halogens is 2. The number of hydrogen-bond acceptors (Lipinski definition) is 5. The first kappa shape index (κ1) is 22.6. The van der Waals surface area contributed by atoms with Crippen LogP contribution < -0.4 is 4.90 Å². The highest BCUT2D eigenvalue weighted by Gasteiger charge is 2.42. The number of hydrogen-bond donors (Lipinski definition) is 0. The van der Waals surface area contributed by atoms with Gasteiger partial charge in [-0.25, -0.2) is 22.2 Å². The molecule has 3 heterocycles. The number of rotatable bonds is 6. The van der Waals surface area contributed by atoms with Crippen molar-refractivity contribution in [2.45, 2.75) is 56.0 Å². The molecule has 2 saturated heterocycles. The van der Waals surface area contributed by atoms with Gasteiger partial charge in [-0.15, -0.1) is 0 Å². The van der Waals surface area contributed by atoms with Crippen LogP contribution in [0.2, 0.25) is 0 Å². The third-order valence-electron chi connectivity index (χ3n) is 6.27. The number of aromatic nitrogens is 1. The molecule has 0 N–H and O–H groups in total. The van der Waals surface area contributed by atoms with Gasteiger partial charge in [0.25, 0.3) is 5.92 Å². The highest BCUT2D eigenvalue weighted by molar-refractivity contribution is 7.91. The topological polar surface area (TPSA) is 70.6 Å². The highest BCUT2D eigenvalue weighted by atomic mass is 32.2. The molecule has 0 saturated carbocycles. The van der Waals surface area contributed by atoms with Gasteiger partial charge in [0.1, 0.15) is 5.82 Å². The van der Waals surface area contributed by atoms with Gasteiger partial charge < -0.3 is 9.80 Å². The van der Waals surface area contributed by atoms with Gasteiger partial charge in [-0.3, -0.25) is 4.79 Å². The Labute approximate surface area is 187 Å². The van der Waals surface area contributed by atoms with Gasteiger partial charge >= 0.3 is 0 Å². The van der Waals surface area contributed by atoms with Crippen LogP contribution in [0.15, 0.2) is 47.5 Å². The number of sulfone groups is 1. The van der Waals surface area contributed by atoms with Crippen molar-refractivity contribution in [1.82, 2.24) is 9.88 Å². The molecule has 1 aromatic carbocycles. The number of fused-ring (bicyclic) bond motifs is 2. The maximum atomic E-state index is 13.9. The number of benzene rings is 1. The van der Waals surface area contributed by atoms with E-state index in [-0.39, 0.29) is 24.4 Å². The number of alkyl halides is 2. The first-order valence-electron chi connectivity index (χ1n) is 10.7. The van der Waals surface area contributed by atoms with Gasteiger partial charge in [0.2, 0.25) is 5.91 Å². The van der Waals surface area contributed by atoms with E-state index in [4.69, 9.17) is 0 Å². The molecule has 2 aliphatic rings. The quantitative estimate of drug-likeness (QED) is 0.655. The number of pyridine rings is 1. The largest absolute Gasteiger partial charge is 0.347 e. The number of anilines is 1. The fraction of sp³-hybridized carbons (Fsp3) is 0.478. The molecule has 6 nitrogen and oxygen atoms in total. The normalized spacial score (nSPS) is 21.1. The molecule has 0 spiro atoms. The Kier molecular flexibility index (Phi) is 5.96. The smallest absolute Gasteiger partial charge is 0.271 e. The third-order valence-corrected chi connectivity index (χ3v) is 8.04. The summed E-state index contributed by atoms with van der Waals surface area (Å²) in [5.41, 5.74) is 0.545. The van der Waals surface area contributed by atoms with Gasteiger partial charge in [0, 0.05) is 50.3 Å². The Morgan fingerprint density at radius 1 is 1.12 bits per heavy atom. The van der Waals surface area contributed by atoms with Gasteiger partial charge in [-0.2, -0.15) is 0 Å². The molecule has 1 amide bonds. The van der Waals surface area contributed by atoms with Crippen LogP contribution in [0.4, 0.5) is 14.6 Å². The maximum Gasteiger partial charge on any atom is 0.271 e. The molecule has 0 aliphatic carbocycles. The Morgan fingerprint density at radius 2 is 1.78 bits per heavy atom. The first-order valence-corrected chi connectivity index (χ1v) is 12.4. The minimum atomic E-state index is -4.02. The molecule has 4 rings (SSSR count). The fourth-order valence-electron chi connectivity index (χ4n) is 4.68. The van der Waals surface area contributed by atoms with Crippen LogP contribution in [-0.4, -0.2) is 55.1 Å². The maximum absolute atomic E-state index is 13.9. The summed E-state index contributed by atoms with van der Waals surface area (Å²) in [6.45, 7) is 3.67. The predicted octanol–water partition coefficient (Wildman–Crippen LogP) is 3.55. The van der Waals surface area contributed by atoms with Crippen molar-refractivity contribution in [3.8, 4) is 0 Å². The minimum Gasteiger partial charge on any atom is -0.347 e. The van der Waals surface area contributed by atoms with E-state index in [0.717, 1.165) is 30.3 Å². The molecule has 2 fully saturated rings. The summed E-state index contributed by atoms with van der Waals surface area (Å²) in [6.07, 6.45) is 3.49. The van der Waals surface area contributed by atoms with E-state index < -0.39 is 32.0 Å². The molecule has 32 heavy (non-hydrogen) atoms. The number of carbonyl (C=O) groups excluding carboxylic acids is 1. The van der Waals surface area contributed by atoms with E-state index in [1.54, 1.807) is 4.90 Å². The van der Waals surface area contributed by atoms with E-state index in [9.17, 15) is 22.0 Å². The van der Waals surface area contributed by atoms with Crippen LogP contribution in [0.25, 0.3) is 0 Å². The van der Waals surface area contributed by atoms with Crippen molar-refractivity contribution in [2.24, 2.45) is 0 Å². The van der Waals surface area contributed by atoms with Gasteiger partial charge in [-0.05, 0) is 37.5 Å². The zero-order valence-corrected chi connectivity index (χ0v) is 19.0. The number of likely N-dealkylation sites (tertiary alicyclic amines) is 1. The molecule has 2 aromatic rings. The standard InChI is InChI=1S/C23H27F2N3O3S/c1-16-7-10-21(26-13-16)28-17-8-9-18(28)15-27(14-17)22(29)11-12-32(30,31)20-6-4-3-5-19(20)23(2,24)25/h3-7,10,13,17-18H,8-9,11-12,14-15H2,1-2H3.